The molecule has 7 nitrogen and oxygen atoms in total. The fourth-order valence-electron chi connectivity index (χ4n) is 3.19. The van der Waals surface area contributed by atoms with Crippen molar-refractivity contribution in [1.29, 1.82) is 0 Å². The number of imide groups is 1. The van der Waals surface area contributed by atoms with Crippen LogP contribution in [-0.2, 0) is 22.6 Å². The van der Waals surface area contributed by atoms with Crippen molar-refractivity contribution >= 4 is 17.8 Å². The fraction of sp³-hybridized carbons (Fsp3) is 0.318. The van der Waals surface area contributed by atoms with Crippen molar-refractivity contribution in [2.75, 3.05) is 13.7 Å². The normalized spacial score (nSPS) is 15.9. The molecule has 3 rings (SSSR count). The molecule has 1 aliphatic heterocycles. The molecule has 4 amide bonds. The van der Waals surface area contributed by atoms with Crippen molar-refractivity contribution in [3.05, 3.63) is 65.7 Å². The molecule has 1 aliphatic rings. The molecule has 1 fully saturated rings. The minimum absolute atomic E-state index is 0.128. The van der Waals surface area contributed by atoms with Gasteiger partial charge in [-0.2, -0.15) is 0 Å². The van der Waals surface area contributed by atoms with E-state index in [9.17, 15) is 14.4 Å². The van der Waals surface area contributed by atoms with Gasteiger partial charge in [0.1, 0.15) is 11.8 Å². The molecule has 0 radical (unpaired) electrons. The van der Waals surface area contributed by atoms with Gasteiger partial charge in [0.25, 0.3) is 5.91 Å². The number of ether oxygens (including phenoxy) is 1. The Hall–Kier alpha value is -3.35. The number of hydrogen-bond acceptors (Lipinski definition) is 4. The maximum atomic E-state index is 12.5. The highest BCUT2D eigenvalue weighted by Gasteiger charge is 2.37. The van der Waals surface area contributed by atoms with E-state index in [0.29, 0.717) is 12.3 Å². The number of urea groups is 1. The first-order valence-electron chi connectivity index (χ1n) is 9.62. The van der Waals surface area contributed by atoms with Crippen LogP contribution in [0.15, 0.2) is 54.6 Å². The van der Waals surface area contributed by atoms with E-state index in [2.05, 4.69) is 10.6 Å². The van der Waals surface area contributed by atoms with Gasteiger partial charge in [-0.25, -0.2) is 4.79 Å². The van der Waals surface area contributed by atoms with Gasteiger partial charge in [-0.05, 0) is 36.1 Å². The van der Waals surface area contributed by atoms with Gasteiger partial charge in [-0.1, -0.05) is 42.5 Å². The lowest BCUT2D eigenvalue weighted by molar-refractivity contribution is -0.128. The lowest BCUT2D eigenvalue weighted by Crippen LogP contribution is -2.33. The number of methoxy groups -OCH3 is 1. The van der Waals surface area contributed by atoms with Crippen LogP contribution in [0, 0.1) is 0 Å². The molecule has 1 heterocycles. The second-order valence-corrected chi connectivity index (χ2v) is 6.90. The van der Waals surface area contributed by atoms with Crippen LogP contribution in [0.3, 0.4) is 0 Å². The second kappa shape index (κ2) is 9.73. The van der Waals surface area contributed by atoms with E-state index in [1.54, 1.807) is 19.2 Å². The van der Waals surface area contributed by atoms with Crippen molar-refractivity contribution in [2.24, 2.45) is 0 Å². The lowest BCUT2D eigenvalue weighted by atomic mass is 10.1. The summed E-state index contributed by atoms with van der Waals surface area (Å²) >= 11 is 0. The average molecular weight is 395 g/mol. The van der Waals surface area contributed by atoms with E-state index < -0.39 is 12.1 Å². The van der Waals surface area contributed by atoms with E-state index in [4.69, 9.17) is 4.74 Å². The van der Waals surface area contributed by atoms with Crippen LogP contribution < -0.4 is 15.4 Å². The largest absolute Gasteiger partial charge is 0.497 e. The summed E-state index contributed by atoms with van der Waals surface area (Å²) in [7, 11) is 1.58. The smallest absolute Gasteiger partial charge is 0.325 e. The highest BCUT2D eigenvalue weighted by molar-refractivity contribution is 6.04. The third kappa shape index (κ3) is 5.57. The fourth-order valence-corrected chi connectivity index (χ4v) is 3.19. The molecule has 0 aliphatic carbocycles. The second-order valence-electron chi connectivity index (χ2n) is 6.90. The summed E-state index contributed by atoms with van der Waals surface area (Å²) in [5, 5.41) is 5.52. The van der Waals surface area contributed by atoms with Gasteiger partial charge in [0.2, 0.25) is 5.91 Å². The van der Waals surface area contributed by atoms with Gasteiger partial charge in [-0.15, -0.1) is 0 Å². The Balaban J connectivity index is 1.43. The molecular weight excluding hydrogens is 370 g/mol. The first-order chi connectivity index (χ1) is 14.1. The standard InChI is InChI=1S/C22H25N3O4/c1-29-18-9-7-17(8-10-18)15-25-21(27)19(24-22(25)28)11-12-20(26)23-14-13-16-5-3-2-4-6-16/h2-10,19H,11-15H2,1H3,(H,23,26)(H,24,28). The van der Waals surface area contributed by atoms with E-state index in [1.165, 1.54) is 4.90 Å². The predicted molar refractivity (Wildman–Crippen MR) is 108 cm³/mol. The quantitative estimate of drug-likeness (QED) is 0.638. The Morgan fingerprint density at radius 1 is 1.07 bits per heavy atom. The Labute approximate surface area is 170 Å². The number of hydrogen-bond donors (Lipinski definition) is 2. The highest BCUT2D eigenvalue weighted by atomic mass is 16.5. The molecule has 1 unspecified atom stereocenters. The predicted octanol–water partition coefficient (Wildman–Crippen LogP) is 2.25. The van der Waals surface area contributed by atoms with Crippen LogP contribution in [-0.4, -0.2) is 42.4 Å². The molecule has 0 aromatic heterocycles. The zero-order valence-corrected chi connectivity index (χ0v) is 16.4. The zero-order valence-electron chi connectivity index (χ0n) is 16.4. The van der Waals surface area contributed by atoms with Crippen molar-refractivity contribution in [1.82, 2.24) is 15.5 Å². The third-order valence-corrected chi connectivity index (χ3v) is 4.85. The van der Waals surface area contributed by atoms with E-state index in [1.807, 2.05) is 42.5 Å². The Bertz CT molecular complexity index is 852. The van der Waals surface area contributed by atoms with Crippen LogP contribution in [0.1, 0.15) is 24.0 Å². The molecule has 0 spiro atoms. The van der Waals surface area contributed by atoms with Crippen LogP contribution in [0.2, 0.25) is 0 Å². The molecular formula is C22H25N3O4. The molecule has 0 saturated carbocycles. The maximum absolute atomic E-state index is 12.5. The molecule has 2 aromatic rings. The molecule has 2 aromatic carbocycles. The minimum Gasteiger partial charge on any atom is -0.497 e. The van der Waals surface area contributed by atoms with Gasteiger partial charge in [-0.3, -0.25) is 14.5 Å². The summed E-state index contributed by atoms with van der Waals surface area (Å²) in [6.07, 6.45) is 1.21. The summed E-state index contributed by atoms with van der Waals surface area (Å²) in [5.74, 6) is 0.279. The van der Waals surface area contributed by atoms with Gasteiger partial charge >= 0.3 is 6.03 Å². The summed E-state index contributed by atoms with van der Waals surface area (Å²) in [6, 6.07) is 16.0. The van der Waals surface area contributed by atoms with Crippen molar-refractivity contribution in [3.8, 4) is 5.75 Å². The van der Waals surface area contributed by atoms with Crippen LogP contribution in [0.25, 0.3) is 0 Å². The van der Waals surface area contributed by atoms with Crippen LogP contribution >= 0.6 is 0 Å². The minimum atomic E-state index is -0.666. The van der Waals surface area contributed by atoms with Crippen LogP contribution in [0.4, 0.5) is 4.79 Å². The van der Waals surface area contributed by atoms with Gasteiger partial charge in [0.15, 0.2) is 0 Å². The number of nitrogens with one attached hydrogen (secondary N) is 2. The Morgan fingerprint density at radius 2 is 1.79 bits per heavy atom. The molecule has 1 saturated heterocycles. The number of rotatable bonds is 9. The number of carbonyl (C=O) groups is 3. The van der Waals surface area contributed by atoms with Crippen molar-refractivity contribution in [3.63, 3.8) is 0 Å². The number of nitrogens with zero attached hydrogens (tertiary/aromatic N) is 1. The number of amides is 4. The van der Waals surface area contributed by atoms with Gasteiger partial charge in [0, 0.05) is 13.0 Å². The Kier molecular flexibility index (Phi) is 6.84. The zero-order chi connectivity index (χ0) is 20.6. The number of carbonyl (C=O) groups excluding carboxylic acids is 3. The lowest BCUT2D eigenvalue weighted by Gasteiger charge is -2.13. The SMILES string of the molecule is COc1ccc(CN2C(=O)NC(CCC(=O)NCCc3ccccc3)C2=O)cc1. The highest BCUT2D eigenvalue weighted by Crippen LogP contribution is 2.17. The summed E-state index contributed by atoms with van der Waals surface area (Å²) in [5.41, 5.74) is 1.98. The molecule has 0 bridgehead atoms. The van der Waals surface area contributed by atoms with E-state index in [0.717, 1.165) is 17.5 Å². The van der Waals surface area contributed by atoms with Gasteiger partial charge < -0.3 is 15.4 Å². The topological polar surface area (TPSA) is 87.7 Å². The molecule has 29 heavy (non-hydrogen) atoms. The monoisotopic (exact) mass is 395 g/mol. The molecule has 152 valence electrons. The molecule has 2 N–H and O–H groups in total. The molecule has 7 heteroatoms. The summed E-state index contributed by atoms with van der Waals surface area (Å²) < 4.78 is 5.11. The average Bonchev–Trinajstić information content (AvgIpc) is 3.01. The first-order valence-corrected chi connectivity index (χ1v) is 9.62. The number of benzene rings is 2. The van der Waals surface area contributed by atoms with Crippen molar-refractivity contribution in [2.45, 2.75) is 31.8 Å². The maximum Gasteiger partial charge on any atom is 0.325 e. The summed E-state index contributed by atoms with van der Waals surface area (Å²) in [6.45, 7) is 0.728. The van der Waals surface area contributed by atoms with Crippen LogP contribution in [0.5, 0.6) is 5.75 Å². The van der Waals surface area contributed by atoms with E-state index >= 15 is 0 Å². The van der Waals surface area contributed by atoms with E-state index in [-0.39, 0.29) is 31.2 Å². The van der Waals surface area contributed by atoms with Gasteiger partial charge in [0.05, 0.1) is 13.7 Å². The molecule has 1 atom stereocenters. The summed E-state index contributed by atoms with van der Waals surface area (Å²) in [4.78, 5) is 37.9. The van der Waals surface area contributed by atoms with Crippen molar-refractivity contribution < 1.29 is 19.1 Å². The third-order valence-electron chi connectivity index (χ3n) is 4.85. The first kappa shape index (κ1) is 20.4. The Morgan fingerprint density at radius 3 is 2.48 bits per heavy atom.